The lowest BCUT2D eigenvalue weighted by atomic mass is 9.97. The first-order valence-corrected chi connectivity index (χ1v) is 10.5. The van der Waals surface area contributed by atoms with Crippen molar-refractivity contribution in [3.63, 3.8) is 0 Å². The zero-order valence-corrected chi connectivity index (χ0v) is 15.3. The lowest BCUT2D eigenvalue weighted by molar-refractivity contribution is -0.137. The van der Waals surface area contributed by atoms with Crippen LogP contribution in [0.3, 0.4) is 0 Å². The second-order valence-corrected chi connectivity index (χ2v) is 8.88. The first-order chi connectivity index (χ1) is 12.6. The Morgan fingerprint density at radius 2 is 1.88 bits per heavy atom. The summed E-state index contributed by atoms with van der Waals surface area (Å²) in [6, 6.07) is 4.79. The zero-order chi connectivity index (χ0) is 18.1. The monoisotopic (exact) mass is 378 g/mol. The maximum atomic E-state index is 13.1. The van der Waals surface area contributed by atoms with Crippen LogP contribution >= 0.6 is 0 Å². The van der Waals surface area contributed by atoms with Gasteiger partial charge in [-0.1, -0.05) is 6.07 Å². The van der Waals surface area contributed by atoms with E-state index in [1.165, 1.54) is 10.4 Å². The molecule has 2 aromatic rings. The quantitative estimate of drug-likeness (QED) is 0.805. The average Bonchev–Trinajstić information content (AvgIpc) is 3.17. The second kappa shape index (κ2) is 6.96. The van der Waals surface area contributed by atoms with Gasteiger partial charge >= 0.3 is 0 Å². The molecule has 26 heavy (non-hydrogen) atoms. The van der Waals surface area contributed by atoms with Gasteiger partial charge in [-0.2, -0.15) is 4.31 Å². The van der Waals surface area contributed by atoms with Gasteiger partial charge in [-0.15, -0.1) is 0 Å². The summed E-state index contributed by atoms with van der Waals surface area (Å²) in [5.74, 6) is -0.183. The van der Waals surface area contributed by atoms with Crippen LogP contribution < -0.4 is 0 Å². The topological polar surface area (TPSA) is 96.6 Å². The minimum atomic E-state index is -3.76. The molecule has 2 aliphatic rings. The maximum Gasteiger partial charge on any atom is 0.245 e. The van der Waals surface area contributed by atoms with E-state index in [4.69, 9.17) is 0 Å². The smallest absolute Gasteiger partial charge is 0.245 e. The van der Waals surface area contributed by atoms with Crippen molar-refractivity contribution in [3.8, 4) is 0 Å². The number of hydrogen-bond acceptors (Lipinski definition) is 6. The number of benzene rings is 1. The SMILES string of the molecule is O=C(C1CCCN(S(=O)(=O)c2cccc3nonc23)C1)N1CCCCC1. The Kier molecular flexibility index (Phi) is 4.66. The molecule has 3 heterocycles. The summed E-state index contributed by atoms with van der Waals surface area (Å²) < 4.78 is 32.4. The number of rotatable bonds is 3. The van der Waals surface area contributed by atoms with Crippen LogP contribution in [0.4, 0.5) is 0 Å². The van der Waals surface area contributed by atoms with Crippen LogP contribution in [0.15, 0.2) is 27.7 Å². The fraction of sp³-hybridized carbons (Fsp3) is 0.588. The molecule has 0 aliphatic carbocycles. The predicted octanol–water partition coefficient (Wildman–Crippen LogP) is 1.64. The van der Waals surface area contributed by atoms with Gasteiger partial charge in [-0.3, -0.25) is 4.79 Å². The van der Waals surface area contributed by atoms with E-state index in [-0.39, 0.29) is 28.8 Å². The van der Waals surface area contributed by atoms with E-state index in [9.17, 15) is 13.2 Å². The lowest BCUT2D eigenvalue weighted by Crippen LogP contribution is -2.47. The number of carbonyl (C=O) groups excluding carboxylic acids is 1. The number of hydrogen-bond donors (Lipinski definition) is 0. The second-order valence-electron chi connectivity index (χ2n) is 6.98. The molecule has 1 aromatic heterocycles. The highest BCUT2D eigenvalue weighted by molar-refractivity contribution is 7.89. The molecule has 0 radical (unpaired) electrons. The van der Waals surface area contributed by atoms with Gasteiger partial charge in [0.25, 0.3) is 0 Å². The third kappa shape index (κ3) is 3.09. The number of amides is 1. The van der Waals surface area contributed by atoms with Gasteiger partial charge < -0.3 is 4.90 Å². The molecule has 0 saturated carbocycles. The molecule has 1 amide bonds. The van der Waals surface area contributed by atoms with E-state index in [1.807, 2.05) is 4.90 Å². The molecule has 1 aromatic carbocycles. The normalized spacial score (nSPS) is 22.6. The third-order valence-corrected chi connectivity index (χ3v) is 7.16. The van der Waals surface area contributed by atoms with E-state index in [0.717, 1.165) is 38.8 Å². The number of likely N-dealkylation sites (tertiary alicyclic amines) is 1. The van der Waals surface area contributed by atoms with Crippen molar-refractivity contribution < 1.29 is 17.8 Å². The highest BCUT2D eigenvalue weighted by atomic mass is 32.2. The lowest BCUT2D eigenvalue weighted by Gasteiger charge is -2.35. The largest absolute Gasteiger partial charge is 0.342 e. The average molecular weight is 378 g/mol. The van der Waals surface area contributed by atoms with Crippen LogP contribution in [-0.2, 0) is 14.8 Å². The van der Waals surface area contributed by atoms with Crippen molar-refractivity contribution in [2.45, 2.75) is 37.0 Å². The van der Waals surface area contributed by atoms with Crippen LogP contribution in [0.5, 0.6) is 0 Å². The van der Waals surface area contributed by atoms with Gasteiger partial charge in [0.1, 0.15) is 10.4 Å². The van der Waals surface area contributed by atoms with Crippen molar-refractivity contribution in [2.24, 2.45) is 5.92 Å². The maximum absolute atomic E-state index is 13.1. The molecular formula is C17H22N4O4S. The Hall–Kier alpha value is -2.00. The molecule has 9 heteroatoms. The third-order valence-electron chi connectivity index (χ3n) is 5.27. The molecule has 2 fully saturated rings. The summed E-state index contributed by atoms with van der Waals surface area (Å²) in [6.45, 7) is 2.20. The van der Waals surface area contributed by atoms with Crippen LogP contribution in [-0.4, -0.2) is 60.0 Å². The van der Waals surface area contributed by atoms with E-state index < -0.39 is 10.0 Å². The van der Waals surface area contributed by atoms with Gasteiger partial charge in [0.2, 0.25) is 15.9 Å². The van der Waals surface area contributed by atoms with Crippen LogP contribution in [0.1, 0.15) is 32.1 Å². The van der Waals surface area contributed by atoms with Crippen molar-refractivity contribution in [1.82, 2.24) is 19.5 Å². The Morgan fingerprint density at radius 1 is 1.08 bits per heavy atom. The molecule has 2 saturated heterocycles. The summed E-state index contributed by atoms with van der Waals surface area (Å²) in [4.78, 5) is 14.8. The number of piperidine rings is 2. The minimum Gasteiger partial charge on any atom is -0.342 e. The Bertz CT molecular complexity index is 904. The van der Waals surface area contributed by atoms with Crippen molar-refractivity contribution >= 4 is 27.0 Å². The summed E-state index contributed by atoms with van der Waals surface area (Å²) in [5, 5.41) is 7.45. The van der Waals surface area contributed by atoms with Gasteiger partial charge in [-0.25, -0.2) is 13.0 Å². The summed E-state index contributed by atoms with van der Waals surface area (Å²) in [7, 11) is -3.76. The molecule has 0 bridgehead atoms. The summed E-state index contributed by atoms with van der Waals surface area (Å²) in [6.07, 6.45) is 4.63. The van der Waals surface area contributed by atoms with Crippen LogP contribution in [0.2, 0.25) is 0 Å². The van der Waals surface area contributed by atoms with Crippen molar-refractivity contribution in [2.75, 3.05) is 26.2 Å². The van der Waals surface area contributed by atoms with E-state index >= 15 is 0 Å². The molecule has 1 atom stereocenters. The van der Waals surface area contributed by atoms with E-state index in [0.29, 0.717) is 18.5 Å². The summed E-state index contributed by atoms with van der Waals surface area (Å²) >= 11 is 0. The highest BCUT2D eigenvalue weighted by Gasteiger charge is 2.36. The molecule has 0 spiro atoms. The van der Waals surface area contributed by atoms with Crippen molar-refractivity contribution in [1.29, 1.82) is 0 Å². The molecule has 8 nitrogen and oxygen atoms in total. The Balaban J connectivity index is 1.57. The predicted molar refractivity (Wildman–Crippen MR) is 93.7 cm³/mol. The van der Waals surface area contributed by atoms with E-state index in [2.05, 4.69) is 14.9 Å². The fourth-order valence-electron chi connectivity index (χ4n) is 3.86. The van der Waals surface area contributed by atoms with Gasteiger partial charge in [0.15, 0.2) is 5.52 Å². The number of fused-ring (bicyclic) bond motifs is 1. The highest BCUT2D eigenvalue weighted by Crippen LogP contribution is 2.28. The van der Waals surface area contributed by atoms with Crippen LogP contribution in [0.25, 0.3) is 11.0 Å². The number of nitrogens with zero attached hydrogens (tertiary/aromatic N) is 4. The van der Waals surface area contributed by atoms with Gasteiger partial charge in [0.05, 0.1) is 5.92 Å². The Labute approximate surface area is 152 Å². The molecule has 0 N–H and O–H groups in total. The molecular weight excluding hydrogens is 356 g/mol. The van der Waals surface area contributed by atoms with E-state index in [1.54, 1.807) is 12.1 Å². The molecule has 4 rings (SSSR count). The van der Waals surface area contributed by atoms with Gasteiger partial charge in [0, 0.05) is 26.2 Å². The Morgan fingerprint density at radius 3 is 2.69 bits per heavy atom. The molecule has 2 aliphatic heterocycles. The summed E-state index contributed by atoms with van der Waals surface area (Å²) in [5.41, 5.74) is 0.640. The van der Waals surface area contributed by atoms with Crippen molar-refractivity contribution in [3.05, 3.63) is 18.2 Å². The first kappa shape index (κ1) is 17.4. The minimum absolute atomic E-state index is 0.0855. The number of sulfonamides is 1. The fourth-order valence-corrected chi connectivity index (χ4v) is 5.52. The standard InChI is InChI=1S/C17H22N4O4S/c22-17(20-9-2-1-3-10-20)13-6-5-11-21(12-13)26(23,24)15-8-4-7-14-16(15)19-25-18-14/h4,7-8,13H,1-3,5-6,9-12H2. The zero-order valence-electron chi connectivity index (χ0n) is 14.5. The van der Waals surface area contributed by atoms with Gasteiger partial charge in [-0.05, 0) is 54.6 Å². The number of carbonyl (C=O) groups is 1. The first-order valence-electron chi connectivity index (χ1n) is 9.07. The number of aromatic nitrogens is 2. The van der Waals surface area contributed by atoms with Crippen LogP contribution in [0, 0.1) is 5.92 Å². The molecule has 1 unspecified atom stereocenters. The molecule has 140 valence electrons.